The lowest BCUT2D eigenvalue weighted by Crippen LogP contribution is -1.99. The van der Waals surface area contributed by atoms with Crippen molar-refractivity contribution in [3.63, 3.8) is 0 Å². The van der Waals surface area contributed by atoms with Crippen LogP contribution >= 0.6 is 11.8 Å². The van der Waals surface area contributed by atoms with Gasteiger partial charge in [0.2, 0.25) is 10.6 Å². The summed E-state index contributed by atoms with van der Waals surface area (Å²) in [6.07, 6.45) is 4.81. The molecule has 0 fully saturated rings. The van der Waals surface area contributed by atoms with Crippen molar-refractivity contribution in [2.24, 2.45) is 0 Å². The highest BCUT2D eigenvalue weighted by Gasteiger charge is 2.06. The molecule has 3 aromatic rings. The van der Waals surface area contributed by atoms with Crippen LogP contribution in [-0.2, 0) is 5.75 Å². The number of rotatable bonds is 5. The summed E-state index contributed by atoms with van der Waals surface area (Å²) >= 11 is 1.33. The second kappa shape index (κ2) is 6.97. The van der Waals surface area contributed by atoms with Crippen LogP contribution in [0, 0.1) is 0 Å². The molecule has 2 heterocycles. The molecule has 0 bridgehead atoms. The minimum atomic E-state index is -0.465. The molecule has 2 aromatic heterocycles. The van der Waals surface area contributed by atoms with Crippen molar-refractivity contribution in [1.29, 1.82) is 0 Å². The third-order valence-electron chi connectivity index (χ3n) is 2.93. The topological polar surface area (TPSA) is 92.0 Å². The molecule has 3 rings (SSSR count). The summed E-state index contributed by atoms with van der Waals surface area (Å²) in [7, 11) is 0. The monoisotopic (exact) mass is 327 g/mol. The summed E-state index contributed by atoms with van der Waals surface area (Å²) in [4.78, 5) is 15.6. The minimum Gasteiger partial charge on any atom is -0.502 e. The maximum atomic E-state index is 11.3. The highest BCUT2D eigenvalue weighted by Crippen LogP contribution is 2.19. The third kappa shape index (κ3) is 4.10. The van der Waals surface area contributed by atoms with E-state index in [4.69, 9.17) is 9.52 Å². The van der Waals surface area contributed by atoms with E-state index in [0.717, 1.165) is 11.8 Å². The lowest BCUT2D eigenvalue weighted by Gasteiger charge is -1.97. The van der Waals surface area contributed by atoms with E-state index in [1.807, 2.05) is 42.5 Å². The van der Waals surface area contributed by atoms with Gasteiger partial charge in [0.15, 0.2) is 5.75 Å². The van der Waals surface area contributed by atoms with Gasteiger partial charge in [0, 0.05) is 6.07 Å². The molecule has 0 saturated carbocycles. The van der Waals surface area contributed by atoms with E-state index in [0.29, 0.717) is 22.5 Å². The molecular formula is C16H13N3O3S. The van der Waals surface area contributed by atoms with Crippen LogP contribution in [0.3, 0.4) is 0 Å². The standard InChI is InChI=1S/C16H13N3O3S/c20-13-8-12(22-9-14(13)21)10-23-16-17-15(18-19-16)7-6-11-4-2-1-3-5-11/h1-9,21H,10H2,(H,17,18,19)/b7-6+. The fraction of sp³-hybridized carbons (Fsp3) is 0.0625. The predicted octanol–water partition coefficient (Wildman–Crippen LogP) is 2.93. The first-order chi connectivity index (χ1) is 11.2. The zero-order chi connectivity index (χ0) is 16.1. The SMILES string of the molecule is O=c1cc(CSc2n[nH]c(/C=C/c3ccccc3)n2)occ1O. The summed E-state index contributed by atoms with van der Waals surface area (Å²) in [5.41, 5.74) is 0.609. The summed E-state index contributed by atoms with van der Waals surface area (Å²) in [5, 5.41) is 16.6. The van der Waals surface area contributed by atoms with Crippen LogP contribution in [0.5, 0.6) is 5.75 Å². The molecule has 0 unspecified atom stereocenters. The molecule has 116 valence electrons. The van der Waals surface area contributed by atoms with Crippen LogP contribution in [0.4, 0.5) is 0 Å². The molecule has 0 aliphatic heterocycles. The van der Waals surface area contributed by atoms with Crippen molar-refractivity contribution in [2.75, 3.05) is 0 Å². The molecule has 6 nitrogen and oxygen atoms in total. The van der Waals surface area contributed by atoms with Gasteiger partial charge in [-0.3, -0.25) is 9.89 Å². The number of hydrogen-bond acceptors (Lipinski definition) is 6. The Hall–Kier alpha value is -2.80. The highest BCUT2D eigenvalue weighted by molar-refractivity contribution is 7.98. The van der Waals surface area contributed by atoms with Crippen molar-refractivity contribution in [1.82, 2.24) is 15.2 Å². The van der Waals surface area contributed by atoms with Crippen LogP contribution in [-0.4, -0.2) is 20.3 Å². The molecule has 2 N–H and O–H groups in total. The summed E-state index contributed by atoms with van der Waals surface area (Å²) in [6, 6.07) is 11.1. The number of hydrogen-bond donors (Lipinski definition) is 2. The lowest BCUT2D eigenvalue weighted by atomic mass is 10.2. The molecule has 0 spiro atoms. The number of aromatic amines is 1. The van der Waals surface area contributed by atoms with Gasteiger partial charge in [-0.05, 0) is 11.6 Å². The number of benzene rings is 1. The number of nitrogens with one attached hydrogen (secondary N) is 1. The smallest absolute Gasteiger partial charge is 0.226 e. The first kappa shape index (κ1) is 15.1. The number of aromatic nitrogens is 3. The maximum absolute atomic E-state index is 11.3. The first-order valence-corrected chi connectivity index (χ1v) is 7.78. The van der Waals surface area contributed by atoms with Gasteiger partial charge in [-0.15, -0.1) is 5.10 Å². The normalized spacial score (nSPS) is 11.1. The van der Waals surface area contributed by atoms with E-state index in [2.05, 4.69) is 15.2 Å². The number of thioether (sulfide) groups is 1. The number of H-pyrrole nitrogens is 1. The van der Waals surface area contributed by atoms with Gasteiger partial charge in [0.25, 0.3) is 0 Å². The van der Waals surface area contributed by atoms with Gasteiger partial charge in [-0.1, -0.05) is 48.2 Å². The van der Waals surface area contributed by atoms with E-state index in [1.165, 1.54) is 17.8 Å². The van der Waals surface area contributed by atoms with Crippen molar-refractivity contribution in [2.45, 2.75) is 10.9 Å². The Morgan fingerprint density at radius 1 is 1.26 bits per heavy atom. The Morgan fingerprint density at radius 2 is 2.09 bits per heavy atom. The maximum Gasteiger partial charge on any atom is 0.226 e. The zero-order valence-corrected chi connectivity index (χ0v) is 12.8. The van der Waals surface area contributed by atoms with Crippen molar-refractivity contribution < 1.29 is 9.52 Å². The Morgan fingerprint density at radius 3 is 2.87 bits per heavy atom. The molecule has 0 aliphatic carbocycles. The summed E-state index contributed by atoms with van der Waals surface area (Å²) in [5.74, 6) is 1.09. The Labute approximate surface area is 135 Å². The fourth-order valence-electron chi connectivity index (χ4n) is 1.79. The van der Waals surface area contributed by atoms with Gasteiger partial charge in [-0.2, -0.15) is 0 Å². The molecular weight excluding hydrogens is 314 g/mol. The Kier molecular flexibility index (Phi) is 4.58. The third-order valence-corrected chi connectivity index (χ3v) is 3.80. The first-order valence-electron chi connectivity index (χ1n) is 6.80. The van der Waals surface area contributed by atoms with Crippen LogP contribution in [0.1, 0.15) is 17.1 Å². The zero-order valence-electron chi connectivity index (χ0n) is 12.0. The highest BCUT2D eigenvalue weighted by atomic mass is 32.2. The largest absolute Gasteiger partial charge is 0.502 e. The van der Waals surface area contributed by atoms with Gasteiger partial charge in [0.1, 0.15) is 17.8 Å². The molecule has 23 heavy (non-hydrogen) atoms. The van der Waals surface area contributed by atoms with E-state index in [-0.39, 0.29) is 0 Å². The predicted molar refractivity (Wildman–Crippen MR) is 88.0 cm³/mol. The van der Waals surface area contributed by atoms with Crippen LogP contribution in [0.2, 0.25) is 0 Å². The molecule has 7 heteroatoms. The average molecular weight is 327 g/mol. The molecule has 0 atom stereocenters. The Balaban J connectivity index is 1.62. The molecule has 0 aliphatic rings. The van der Waals surface area contributed by atoms with E-state index in [9.17, 15) is 4.79 Å². The second-order valence-electron chi connectivity index (χ2n) is 4.63. The molecule has 0 radical (unpaired) electrons. The van der Waals surface area contributed by atoms with Crippen LogP contribution in [0.15, 0.2) is 57.0 Å². The minimum absolute atomic E-state index is 0.398. The number of nitrogens with zero attached hydrogens (tertiary/aromatic N) is 2. The van der Waals surface area contributed by atoms with Crippen molar-refractivity contribution >= 4 is 23.9 Å². The quantitative estimate of drug-likeness (QED) is 0.700. The van der Waals surface area contributed by atoms with E-state index in [1.54, 1.807) is 0 Å². The van der Waals surface area contributed by atoms with Crippen molar-refractivity contribution in [3.05, 3.63) is 70.0 Å². The molecule has 0 amide bonds. The van der Waals surface area contributed by atoms with Crippen LogP contribution < -0.4 is 5.43 Å². The molecule has 1 aromatic carbocycles. The van der Waals surface area contributed by atoms with E-state index >= 15 is 0 Å². The second-order valence-corrected chi connectivity index (χ2v) is 5.57. The van der Waals surface area contributed by atoms with Gasteiger partial charge >= 0.3 is 0 Å². The lowest BCUT2D eigenvalue weighted by molar-refractivity contribution is 0.419. The fourth-order valence-corrected chi connectivity index (χ4v) is 2.49. The van der Waals surface area contributed by atoms with Crippen molar-refractivity contribution in [3.8, 4) is 5.75 Å². The summed E-state index contributed by atoms with van der Waals surface area (Å²) in [6.45, 7) is 0. The average Bonchev–Trinajstić information content (AvgIpc) is 3.03. The Bertz CT molecular complexity index is 872. The molecule has 0 saturated heterocycles. The van der Waals surface area contributed by atoms with E-state index < -0.39 is 11.2 Å². The number of aromatic hydroxyl groups is 1. The van der Waals surface area contributed by atoms with Crippen LogP contribution in [0.25, 0.3) is 12.2 Å². The van der Waals surface area contributed by atoms with Gasteiger partial charge in [0.05, 0.1) is 5.75 Å². The summed E-state index contributed by atoms with van der Waals surface area (Å²) < 4.78 is 5.12. The van der Waals surface area contributed by atoms with Gasteiger partial charge < -0.3 is 9.52 Å². The van der Waals surface area contributed by atoms with Gasteiger partial charge in [-0.25, -0.2) is 4.98 Å².